The zero-order chi connectivity index (χ0) is 15.2. The lowest BCUT2D eigenvalue weighted by atomic mass is 10.0. The number of carboxylic acid groups (broad SMARTS) is 1. The molecular weight excluding hydrogens is 266 g/mol. The first-order valence-electron chi connectivity index (χ1n) is 7.17. The molecule has 0 aliphatic carbocycles. The van der Waals surface area contributed by atoms with E-state index in [2.05, 4.69) is 11.8 Å². The Morgan fingerprint density at radius 2 is 1.90 bits per heavy atom. The highest BCUT2D eigenvalue weighted by molar-refractivity contribution is 5.89. The fraction of sp³-hybridized carbons (Fsp3) is 0.353. The van der Waals surface area contributed by atoms with Crippen LogP contribution in [0.2, 0.25) is 0 Å². The first-order valence-corrected chi connectivity index (χ1v) is 7.17. The first-order chi connectivity index (χ1) is 10.1. The molecule has 1 N–H and O–H groups in total. The minimum Gasteiger partial charge on any atom is -0.478 e. The van der Waals surface area contributed by atoms with Gasteiger partial charge in [-0.25, -0.2) is 4.79 Å². The van der Waals surface area contributed by atoms with Gasteiger partial charge in [0.15, 0.2) is 0 Å². The van der Waals surface area contributed by atoms with Crippen molar-refractivity contribution < 1.29 is 14.3 Å². The van der Waals surface area contributed by atoms with Crippen molar-refractivity contribution in [2.75, 3.05) is 13.6 Å². The summed E-state index contributed by atoms with van der Waals surface area (Å²) in [5.74, 6) is 1.07. The van der Waals surface area contributed by atoms with Crippen molar-refractivity contribution in [1.82, 2.24) is 4.90 Å². The van der Waals surface area contributed by atoms with Crippen LogP contribution in [0.1, 0.15) is 34.4 Å². The number of hydrogen-bond donors (Lipinski definition) is 1. The Labute approximate surface area is 125 Å². The van der Waals surface area contributed by atoms with Crippen LogP contribution in [0.3, 0.4) is 0 Å². The summed E-state index contributed by atoms with van der Waals surface area (Å²) in [4.78, 5) is 13.3. The summed E-state index contributed by atoms with van der Waals surface area (Å²) >= 11 is 0. The molecule has 4 nitrogen and oxygen atoms in total. The van der Waals surface area contributed by atoms with Gasteiger partial charge in [0.25, 0.3) is 0 Å². The van der Waals surface area contributed by atoms with Crippen molar-refractivity contribution in [3.05, 3.63) is 59.0 Å². The molecule has 1 aromatic heterocycles. The highest BCUT2D eigenvalue weighted by Crippen LogP contribution is 2.13. The third-order valence-corrected chi connectivity index (χ3v) is 3.50. The third kappa shape index (κ3) is 4.20. The van der Waals surface area contributed by atoms with E-state index in [0.29, 0.717) is 12.0 Å². The van der Waals surface area contributed by atoms with Crippen LogP contribution in [0.25, 0.3) is 0 Å². The summed E-state index contributed by atoms with van der Waals surface area (Å²) in [6.45, 7) is 3.58. The van der Waals surface area contributed by atoms with E-state index < -0.39 is 5.97 Å². The van der Waals surface area contributed by atoms with E-state index in [1.807, 2.05) is 31.3 Å². The lowest BCUT2D eigenvalue weighted by molar-refractivity contribution is 0.0695. The lowest BCUT2D eigenvalue weighted by Gasteiger charge is -2.15. The van der Waals surface area contributed by atoms with Gasteiger partial charge in [0, 0.05) is 13.0 Å². The zero-order valence-corrected chi connectivity index (χ0v) is 12.5. The van der Waals surface area contributed by atoms with Crippen LogP contribution >= 0.6 is 0 Å². The Kier molecular flexibility index (Phi) is 5.17. The summed E-state index contributed by atoms with van der Waals surface area (Å²) in [6.07, 6.45) is 1.61. The zero-order valence-electron chi connectivity index (χ0n) is 12.5. The Hall–Kier alpha value is -2.07. The van der Waals surface area contributed by atoms with Crippen molar-refractivity contribution in [3.8, 4) is 0 Å². The van der Waals surface area contributed by atoms with Gasteiger partial charge >= 0.3 is 5.97 Å². The summed E-state index contributed by atoms with van der Waals surface area (Å²) in [5, 5.41) is 9.17. The van der Waals surface area contributed by atoms with E-state index in [1.165, 1.54) is 0 Å². The second kappa shape index (κ2) is 7.09. The predicted octanol–water partition coefficient (Wildman–Crippen LogP) is 3.21. The van der Waals surface area contributed by atoms with Crippen LogP contribution in [0, 0.1) is 0 Å². The number of furan rings is 1. The smallest absolute Gasteiger partial charge is 0.335 e. The van der Waals surface area contributed by atoms with Crippen LogP contribution in [0.15, 0.2) is 40.8 Å². The summed E-state index contributed by atoms with van der Waals surface area (Å²) in [5.41, 5.74) is 1.25. The summed E-state index contributed by atoms with van der Waals surface area (Å²) in [6, 6.07) is 11.2. The molecule has 1 heterocycles. The van der Waals surface area contributed by atoms with E-state index in [-0.39, 0.29) is 0 Å². The monoisotopic (exact) mass is 287 g/mol. The molecule has 112 valence electrons. The van der Waals surface area contributed by atoms with Crippen molar-refractivity contribution in [1.29, 1.82) is 0 Å². The molecule has 0 saturated carbocycles. The molecule has 0 saturated heterocycles. The van der Waals surface area contributed by atoms with E-state index >= 15 is 0 Å². The van der Waals surface area contributed by atoms with E-state index in [9.17, 15) is 4.79 Å². The number of benzene rings is 1. The van der Waals surface area contributed by atoms with Gasteiger partial charge < -0.3 is 9.52 Å². The number of hydrogen-bond acceptors (Lipinski definition) is 3. The molecule has 4 heteroatoms. The summed E-state index contributed by atoms with van der Waals surface area (Å²) in [7, 11) is 2.01. The van der Waals surface area contributed by atoms with Crippen molar-refractivity contribution in [3.63, 3.8) is 0 Å². The second-order valence-electron chi connectivity index (χ2n) is 5.17. The third-order valence-electron chi connectivity index (χ3n) is 3.50. The van der Waals surface area contributed by atoms with Crippen molar-refractivity contribution >= 4 is 5.97 Å². The standard InChI is InChI=1S/C17H21NO3/c1-3-14-8-9-15(21-14)12-18(2)11-10-13-6-4-5-7-16(13)17(19)20/h4-9H,3,10-12H2,1-2H3,(H,19,20). The Morgan fingerprint density at radius 3 is 2.57 bits per heavy atom. The number of rotatable bonds is 7. The minimum atomic E-state index is -0.869. The normalized spacial score (nSPS) is 11.0. The Morgan fingerprint density at radius 1 is 1.19 bits per heavy atom. The number of carbonyl (C=O) groups is 1. The highest BCUT2D eigenvalue weighted by Gasteiger charge is 2.10. The van der Waals surface area contributed by atoms with Crippen LogP contribution < -0.4 is 0 Å². The number of likely N-dealkylation sites (N-methyl/N-ethyl adjacent to an activating group) is 1. The van der Waals surface area contributed by atoms with Gasteiger partial charge in [-0.1, -0.05) is 25.1 Å². The topological polar surface area (TPSA) is 53.7 Å². The largest absolute Gasteiger partial charge is 0.478 e. The lowest BCUT2D eigenvalue weighted by Crippen LogP contribution is -2.21. The molecule has 0 amide bonds. The van der Waals surface area contributed by atoms with E-state index in [1.54, 1.807) is 12.1 Å². The van der Waals surface area contributed by atoms with Gasteiger partial charge in [0.1, 0.15) is 11.5 Å². The molecule has 0 radical (unpaired) electrons. The Bertz CT molecular complexity index is 604. The van der Waals surface area contributed by atoms with E-state index in [4.69, 9.17) is 9.52 Å². The second-order valence-corrected chi connectivity index (χ2v) is 5.17. The fourth-order valence-corrected chi connectivity index (χ4v) is 2.30. The van der Waals surface area contributed by atoms with Gasteiger partial charge in [-0.05, 0) is 37.2 Å². The molecule has 21 heavy (non-hydrogen) atoms. The molecule has 0 fully saturated rings. The molecule has 0 bridgehead atoms. The molecule has 0 aliphatic heterocycles. The molecule has 0 aliphatic rings. The van der Waals surface area contributed by atoms with Crippen LogP contribution in [-0.2, 0) is 19.4 Å². The molecule has 2 rings (SSSR count). The van der Waals surface area contributed by atoms with Crippen LogP contribution in [-0.4, -0.2) is 29.6 Å². The number of aryl methyl sites for hydroxylation is 1. The van der Waals surface area contributed by atoms with E-state index in [0.717, 1.165) is 36.6 Å². The first kappa shape index (κ1) is 15.3. The van der Waals surface area contributed by atoms with Gasteiger partial charge in [-0.3, -0.25) is 4.90 Å². The average molecular weight is 287 g/mol. The van der Waals surface area contributed by atoms with Gasteiger partial charge in [0.2, 0.25) is 0 Å². The Balaban J connectivity index is 1.92. The van der Waals surface area contributed by atoms with Crippen LogP contribution in [0.4, 0.5) is 0 Å². The number of aromatic carboxylic acids is 1. The SMILES string of the molecule is CCc1ccc(CN(C)CCc2ccccc2C(=O)O)o1. The van der Waals surface area contributed by atoms with Crippen LogP contribution in [0.5, 0.6) is 0 Å². The maximum atomic E-state index is 11.2. The van der Waals surface area contributed by atoms with Gasteiger partial charge in [-0.2, -0.15) is 0 Å². The fourth-order valence-electron chi connectivity index (χ4n) is 2.30. The maximum absolute atomic E-state index is 11.2. The molecule has 1 aromatic carbocycles. The minimum absolute atomic E-state index is 0.386. The molecule has 0 atom stereocenters. The molecule has 0 unspecified atom stereocenters. The molecule has 2 aromatic rings. The molecular formula is C17H21NO3. The highest BCUT2D eigenvalue weighted by atomic mass is 16.4. The van der Waals surface area contributed by atoms with Crippen molar-refractivity contribution in [2.45, 2.75) is 26.3 Å². The number of carboxylic acids is 1. The van der Waals surface area contributed by atoms with Gasteiger partial charge in [0.05, 0.1) is 12.1 Å². The van der Waals surface area contributed by atoms with Crippen molar-refractivity contribution in [2.24, 2.45) is 0 Å². The number of nitrogens with zero attached hydrogens (tertiary/aromatic N) is 1. The molecule has 0 spiro atoms. The maximum Gasteiger partial charge on any atom is 0.335 e. The predicted molar refractivity (Wildman–Crippen MR) is 81.5 cm³/mol. The quantitative estimate of drug-likeness (QED) is 0.849. The summed E-state index contributed by atoms with van der Waals surface area (Å²) < 4.78 is 5.68. The average Bonchev–Trinajstić information content (AvgIpc) is 2.93. The van der Waals surface area contributed by atoms with Gasteiger partial charge in [-0.15, -0.1) is 0 Å².